The van der Waals surface area contributed by atoms with Crippen LogP contribution in [0.15, 0.2) is 22.7 Å². The number of halogens is 3. The number of alkyl halides is 1. The number of fused-ring (bicyclic) bond motifs is 1. The Kier molecular flexibility index (Phi) is 2.58. The van der Waals surface area contributed by atoms with E-state index in [-0.39, 0.29) is 5.13 Å². The summed E-state index contributed by atoms with van der Waals surface area (Å²) >= 11 is 10.2. The summed E-state index contributed by atoms with van der Waals surface area (Å²) in [6.45, 7) is 0. The molecule has 0 saturated carbocycles. The van der Waals surface area contributed by atoms with Gasteiger partial charge in [-0.25, -0.2) is 0 Å². The summed E-state index contributed by atoms with van der Waals surface area (Å²) in [5.41, 5.74) is 0.996. The van der Waals surface area contributed by atoms with E-state index in [1.54, 1.807) is 0 Å². The van der Waals surface area contributed by atoms with E-state index in [4.69, 9.17) is 11.6 Å². The lowest BCUT2D eigenvalue weighted by atomic mass is 10.2. The average molecular weight is 280 g/mol. The highest BCUT2D eigenvalue weighted by molar-refractivity contribution is 9.10. The predicted octanol–water partition coefficient (Wildman–Crippen LogP) is 4.54. The molecule has 2 aromatic rings. The molecule has 0 amide bonds. The Morgan fingerprint density at radius 3 is 2.85 bits per heavy atom. The van der Waals surface area contributed by atoms with E-state index < -0.39 is 0 Å². The Morgan fingerprint density at radius 1 is 1.38 bits per heavy atom. The van der Waals surface area contributed by atoms with Gasteiger partial charge in [-0.3, -0.25) is 0 Å². The normalized spacial score (nSPS) is 11.0. The quantitative estimate of drug-likeness (QED) is 0.672. The molecule has 13 heavy (non-hydrogen) atoms. The van der Waals surface area contributed by atoms with Gasteiger partial charge < -0.3 is 0 Å². The Hall–Kier alpha value is -0.120. The van der Waals surface area contributed by atoms with Crippen LogP contribution in [0.4, 0.5) is 4.39 Å². The van der Waals surface area contributed by atoms with Crippen molar-refractivity contribution in [3.05, 3.63) is 33.4 Å². The Labute approximate surface area is 92.5 Å². The van der Waals surface area contributed by atoms with Gasteiger partial charge in [-0.2, -0.15) is 4.39 Å². The van der Waals surface area contributed by atoms with Crippen molar-refractivity contribution in [1.29, 1.82) is 0 Å². The highest BCUT2D eigenvalue weighted by atomic mass is 79.9. The van der Waals surface area contributed by atoms with Gasteiger partial charge in [0.05, 0.1) is 0 Å². The topological polar surface area (TPSA) is 0 Å². The molecule has 0 unspecified atom stereocenters. The number of thiophene rings is 1. The van der Waals surface area contributed by atoms with Crippen molar-refractivity contribution < 1.29 is 4.39 Å². The molecule has 0 bridgehead atoms. The van der Waals surface area contributed by atoms with Crippen LogP contribution in [0.5, 0.6) is 0 Å². The van der Waals surface area contributed by atoms with Crippen molar-refractivity contribution >= 4 is 49.0 Å². The third-order valence-electron chi connectivity index (χ3n) is 1.80. The van der Waals surface area contributed by atoms with Crippen LogP contribution in [0, 0.1) is 5.13 Å². The number of hydrogen-bond acceptors (Lipinski definition) is 1. The fourth-order valence-corrected chi connectivity index (χ4v) is 2.89. The lowest BCUT2D eigenvalue weighted by Crippen LogP contribution is -1.78. The minimum absolute atomic E-state index is 0.159. The molecule has 0 atom stereocenters. The van der Waals surface area contributed by atoms with Crippen LogP contribution < -0.4 is 0 Å². The second-order valence-corrected chi connectivity index (χ2v) is 4.82. The maximum atomic E-state index is 12.9. The summed E-state index contributed by atoms with van der Waals surface area (Å²) < 4.78 is 14.7. The molecule has 4 heteroatoms. The molecule has 0 fully saturated rings. The molecular weight excluding hydrogens is 275 g/mol. The summed E-state index contributed by atoms with van der Waals surface area (Å²) in [4.78, 5) is 0. The number of hydrogen-bond donors (Lipinski definition) is 0. The van der Waals surface area contributed by atoms with Crippen LogP contribution in [0.25, 0.3) is 10.1 Å². The molecule has 0 saturated heterocycles. The molecule has 1 heterocycles. The summed E-state index contributed by atoms with van der Waals surface area (Å²) in [7, 11) is 0. The van der Waals surface area contributed by atoms with Crippen molar-refractivity contribution in [2.24, 2.45) is 0 Å². The smallest absolute Gasteiger partial charge is 0.177 e. The van der Waals surface area contributed by atoms with E-state index >= 15 is 0 Å². The van der Waals surface area contributed by atoms with Crippen molar-refractivity contribution in [2.75, 3.05) is 0 Å². The highest BCUT2D eigenvalue weighted by Gasteiger charge is 2.05. The Balaban J connectivity index is 2.72. The van der Waals surface area contributed by atoms with Crippen LogP contribution in [0.1, 0.15) is 5.56 Å². The van der Waals surface area contributed by atoms with E-state index in [1.165, 1.54) is 6.07 Å². The van der Waals surface area contributed by atoms with Crippen LogP contribution >= 0.6 is 38.9 Å². The average Bonchev–Trinajstić information content (AvgIpc) is 2.42. The van der Waals surface area contributed by atoms with Gasteiger partial charge in [0.25, 0.3) is 0 Å². The molecule has 2 rings (SSSR count). The van der Waals surface area contributed by atoms with Gasteiger partial charge in [0.1, 0.15) is 0 Å². The zero-order valence-electron chi connectivity index (χ0n) is 6.48. The third kappa shape index (κ3) is 1.73. The fourth-order valence-electron chi connectivity index (χ4n) is 1.17. The molecule has 0 radical (unpaired) electrons. The summed E-state index contributed by atoms with van der Waals surface area (Å²) in [5, 5.41) is 0.761. The molecule has 0 nitrogen and oxygen atoms in total. The molecular formula is C9H5BrClFS. The summed E-state index contributed by atoms with van der Waals surface area (Å²) in [5.74, 6) is 0.441. The van der Waals surface area contributed by atoms with Crippen LogP contribution in [-0.4, -0.2) is 0 Å². The molecule has 0 spiro atoms. The van der Waals surface area contributed by atoms with E-state index in [2.05, 4.69) is 15.9 Å². The second-order valence-electron chi connectivity index (χ2n) is 2.67. The molecule has 1 aromatic heterocycles. The van der Waals surface area contributed by atoms with Crippen LogP contribution in [-0.2, 0) is 5.88 Å². The van der Waals surface area contributed by atoms with E-state index in [1.807, 2.05) is 12.1 Å². The maximum absolute atomic E-state index is 12.9. The zero-order valence-corrected chi connectivity index (χ0v) is 9.64. The highest BCUT2D eigenvalue weighted by Crippen LogP contribution is 2.30. The molecule has 0 aliphatic rings. The van der Waals surface area contributed by atoms with Crippen molar-refractivity contribution in [2.45, 2.75) is 5.88 Å². The molecule has 0 N–H and O–H groups in total. The Morgan fingerprint density at radius 2 is 2.15 bits per heavy atom. The first-order valence-corrected chi connectivity index (χ1v) is 5.78. The van der Waals surface area contributed by atoms with Crippen LogP contribution in [0.3, 0.4) is 0 Å². The van der Waals surface area contributed by atoms with Gasteiger partial charge in [-0.15, -0.1) is 22.9 Å². The minimum atomic E-state index is -0.159. The summed E-state index contributed by atoms with van der Waals surface area (Å²) in [6, 6.07) is 5.34. The SMILES string of the molecule is Fc1cc2cc(Br)c(CCl)cc2s1. The summed E-state index contributed by atoms with van der Waals surface area (Å²) in [6.07, 6.45) is 0. The van der Waals surface area contributed by atoms with Crippen molar-refractivity contribution in [1.82, 2.24) is 0 Å². The second kappa shape index (κ2) is 3.56. The first-order valence-electron chi connectivity index (χ1n) is 3.64. The van der Waals surface area contributed by atoms with Gasteiger partial charge >= 0.3 is 0 Å². The van der Waals surface area contributed by atoms with Crippen LogP contribution in [0.2, 0.25) is 0 Å². The lowest BCUT2D eigenvalue weighted by Gasteiger charge is -1.99. The molecule has 1 aromatic carbocycles. The number of benzene rings is 1. The first-order chi connectivity index (χ1) is 6.20. The number of rotatable bonds is 1. The van der Waals surface area contributed by atoms with Gasteiger partial charge in [-0.1, -0.05) is 15.9 Å². The van der Waals surface area contributed by atoms with Gasteiger partial charge in [0.15, 0.2) is 5.13 Å². The van der Waals surface area contributed by atoms with E-state index in [9.17, 15) is 4.39 Å². The predicted molar refractivity (Wildman–Crippen MR) is 59.0 cm³/mol. The Bertz CT molecular complexity index is 452. The first kappa shape index (κ1) is 9.44. The monoisotopic (exact) mass is 278 g/mol. The third-order valence-corrected chi connectivity index (χ3v) is 3.71. The molecule has 68 valence electrons. The molecule has 0 aliphatic carbocycles. The van der Waals surface area contributed by atoms with Gasteiger partial charge in [-0.05, 0) is 29.1 Å². The lowest BCUT2D eigenvalue weighted by molar-refractivity contribution is 0.658. The van der Waals surface area contributed by atoms with Gasteiger partial charge in [0.2, 0.25) is 0 Å². The molecule has 0 aliphatic heterocycles. The van der Waals surface area contributed by atoms with Crippen molar-refractivity contribution in [3.63, 3.8) is 0 Å². The minimum Gasteiger partial charge on any atom is -0.195 e. The van der Waals surface area contributed by atoms with Gasteiger partial charge in [0, 0.05) is 15.1 Å². The zero-order chi connectivity index (χ0) is 9.42. The largest absolute Gasteiger partial charge is 0.195 e. The fraction of sp³-hybridized carbons (Fsp3) is 0.111. The van der Waals surface area contributed by atoms with E-state index in [0.717, 1.165) is 31.5 Å². The standard InChI is InChI=1S/C9H5BrClFS/c10-7-1-5-3-9(12)13-8(5)2-6(7)4-11/h1-3H,4H2. The van der Waals surface area contributed by atoms with E-state index in [0.29, 0.717) is 5.88 Å². The maximum Gasteiger partial charge on any atom is 0.177 e. The van der Waals surface area contributed by atoms with Crippen molar-refractivity contribution in [3.8, 4) is 0 Å².